The number of urea groups is 1. The summed E-state index contributed by atoms with van der Waals surface area (Å²) in [5.74, 6) is 1.24. The number of rotatable bonds is 11. The molecule has 4 aromatic heterocycles. The minimum absolute atomic E-state index is 0.00236. The first-order valence-corrected chi connectivity index (χ1v) is 17.7. The Kier molecular flexibility index (Phi) is 9.67. The number of carbonyl (C=O) groups excluding carboxylic acids is 1. The SMILES string of the molecule is CCc1cc([C@H]2O[C@@H](n3cnc4c(NCC(c5ccccc5)c5ccccc5)nc(N5CCC(NC(=O)Nc6cccnc6)C5)nc43)[C@H](O)[C@@H]2O)on1. The number of hydrogen-bond acceptors (Lipinski definition) is 12. The predicted molar refractivity (Wildman–Crippen MR) is 196 cm³/mol. The molecular weight excluding hydrogens is 676 g/mol. The quantitative estimate of drug-likeness (QED) is 0.127. The molecule has 6 aromatic rings. The van der Waals surface area contributed by atoms with Crippen LogP contribution in [0.4, 0.5) is 22.2 Å². The van der Waals surface area contributed by atoms with E-state index in [2.05, 4.69) is 50.4 Å². The fraction of sp³-hybridized carbons (Fsp3) is 0.316. The zero-order chi connectivity index (χ0) is 36.3. The number of nitrogens with one attached hydrogen (secondary N) is 3. The molecule has 0 aliphatic carbocycles. The number of benzene rings is 2. The molecule has 15 nitrogen and oxygen atoms in total. The second-order valence-corrected chi connectivity index (χ2v) is 13.2. The maximum absolute atomic E-state index is 12.8. The van der Waals surface area contributed by atoms with E-state index in [1.807, 2.05) is 48.2 Å². The molecule has 5 N–H and O–H groups in total. The molecular formula is C38H40N10O5. The Morgan fingerprint density at radius 3 is 2.47 bits per heavy atom. The molecule has 1 unspecified atom stereocenters. The van der Waals surface area contributed by atoms with Gasteiger partial charge in [0.2, 0.25) is 5.95 Å². The molecule has 2 aliphatic heterocycles. The number of nitrogens with zero attached hydrogens (tertiary/aromatic N) is 7. The summed E-state index contributed by atoms with van der Waals surface area (Å²) in [5.41, 5.74) is 4.47. The molecule has 0 spiro atoms. The number of carbonyl (C=O) groups is 1. The van der Waals surface area contributed by atoms with Crippen molar-refractivity contribution < 1.29 is 24.3 Å². The predicted octanol–water partition coefficient (Wildman–Crippen LogP) is 4.41. The second kappa shape index (κ2) is 15.0. The van der Waals surface area contributed by atoms with Crippen molar-refractivity contribution in [3.8, 4) is 0 Å². The fourth-order valence-electron chi connectivity index (χ4n) is 6.96. The van der Waals surface area contributed by atoms with E-state index in [1.54, 1.807) is 35.2 Å². The van der Waals surface area contributed by atoms with Crippen LogP contribution < -0.4 is 20.9 Å². The summed E-state index contributed by atoms with van der Waals surface area (Å²) in [5, 5.41) is 35.8. The van der Waals surface area contributed by atoms with Gasteiger partial charge in [0.15, 0.2) is 29.0 Å². The van der Waals surface area contributed by atoms with Crippen LogP contribution in [-0.4, -0.2) is 83.8 Å². The number of pyridine rings is 1. The largest absolute Gasteiger partial charge is 0.387 e. The number of amides is 2. The van der Waals surface area contributed by atoms with Gasteiger partial charge < -0.3 is 40.3 Å². The van der Waals surface area contributed by atoms with Crippen molar-refractivity contribution in [3.63, 3.8) is 0 Å². The average molecular weight is 717 g/mol. The van der Waals surface area contributed by atoms with Crippen molar-refractivity contribution in [2.45, 2.75) is 56.3 Å². The number of ether oxygens (including phenoxy) is 1. The van der Waals surface area contributed by atoms with E-state index in [-0.39, 0.29) is 18.0 Å². The Morgan fingerprint density at radius 1 is 1.00 bits per heavy atom. The molecule has 272 valence electrons. The first-order valence-electron chi connectivity index (χ1n) is 17.7. The van der Waals surface area contributed by atoms with E-state index in [4.69, 9.17) is 24.2 Å². The summed E-state index contributed by atoms with van der Waals surface area (Å²) in [4.78, 5) is 33.5. The lowest BCUT2D eigenvalue weighted by Gasteiger charge is -2.22. The van der Waals surface area contributed by atoms with E-state index >= 15 is 0 Å². The summed E-state index contributed by atoms with van der Waals surface area (Å²) >= 11 is 0. The lowest BCUT2D eigenvalue weighted by atomic mass is 9.91. The average Bonchev–Trinajstić information content (AvgIpc) is 4.00. The van der Waals surface area contributed by atoms with Crippen LogP contribution in [0.5, 0.6) is 0 Å². The van der Waals surface area contributed by atoms with Gasteiger partial charge in [0.05, 0.1) is 23.9 Å². The number of aromatic nitrogens is 6. The van der Waals surface area contributed by atoms with Crippen molar-refractivity contribution >= 4 is 34.6 Å². The highest BCUT2D eigenvalue weighted by atomic mass is 16.6. The first kappa shape index (κ1) is 34.2. The van der Waals surface area contributed by atoms with Crippen LogP contribution in [0.3, 0.4) is 0 Å². The standard InChI is InChI=1S/C38H40N10O5/c1-2-25-18-29(53-46-25)33-31(49)32(50)36(52-33)48-22-41-30-34(40-20-28(23-10-5-3-6-11-23)24-12-7-4-8-13-24)44-37(45-35(30)48)47-17-15-27(21-47)43-38(51)42-26-14-9-16-39-19-26/h3-14,16,18-19,22,27-28,31-33,36,49-50H,2,15,17,20-21H2,1H3,(H,40,44,45)(H2,42,43,51)/t27?,31-,32+,33+,36+/m0/s1. The topological polar surface area (TPSA) is 189 Å². The molecule has 0 bridgehead atoms. The van der Waals surface area contributed by atoms with Crippen molar-refractivity contribution in [2.75, 3.05) is 35.2 Å². The summed E-state index contributed by atoms with van der Waals surface area (Å²) in [6.07, 6.45) is 1.51. The molecule has 0 radical (unpaired) electrons. The smallest absolute Gasteiger partial charge is 0.319 e. The Morgan fingerprint density at radius 2 is 1.77 bits per heavy atom. The van der Waals surface area contributed by atoms with E-state index in [9.17, 15) is 15.0 Å². The fourth-order valence-corrected chi connectivity index (χ4v) is 6.96. The van der Waals surface area contributed by atoms with Gasteiger partial charge in [-0.3, -0.25) is 9.55 Å². The third kappa shape index (κ3) is 7.13. The Hall–Kier alpha value is -5.90. The zero-order valence-electron chi connectivity index (χ0n) is 29.0. The highest BCUT2D eigenvalue weighted by Gasteiger charge is 2.47. The van der Waals surface area contributed by atoms with Crippen LogP contribution in [0, 0.1) is 0 Å². The lowest BCUT2D eigenvalue weighted by molar-refractivity contribution is -0.0434. The molecule has 6 heterocycles. The van der Waals surface area contributed by atoms with Crippen molar-refractivity contribution in [2.24, 2.45) is 0 Å². The maximum Gasteiger partial charge on any atom is 0.319 e. The zero-order valence-corrected chi connectivity index (χ0v) is 29.0. The van der Waals surface area contributed by atoms with Gasteiger partial charge in [0.1, 0.15) is 18.3 Å². The van der Waals surface area contributed by atoms with Crippen LogP contribution >= 0.6 is 0 Å². The van der Waals surface area contributed by atoms with Gasteiger partial charge in [-0.05, 0) is 36.1 Å². The van der Waals surface area contributed by atoms with Crippen LogP contribution in [-0.2, 0) is 11.2 Å². The van der Waals surface area contributed by atoms with Gasteiger partial charge >= 0.3 is 6.03 Å². The number of fused-ring (bicyclic) bond motifs is 1. The van der Waals surface area contributed by atoms with Crippen LogP contribution in [0.25, 0.3) is 11.2 Å². The van der Waals surface area contributed by atoms with Crippen LogP contribution in [0.2, 0.25) is 0 Å². The number of hydrogen-bond donors (Lipinski definition) is 5. The van der Waals surface area contributed by atoms with E-state index in [1.165, 1.54) is 6.33 Å². The lowest BCUT2D eigenvalue weighted by Crippen LogP contribution is -2.40. The Labute approximate surface area is 305 Å². The number of imidazole rings is 1. The van der Waals surface area contributed by atoms with Gasteiger partial charge in [-0.15, -0.1) is 0 Å². The van der Waals surface area contributed by atoms with Crippen LogP contribution in [0.1, 0.15) is 54.2 Å². The normalized spacial score (nSPS) is 21.4. The van der Waals surface area contributed by atoms with Gasteiger partial charge in [0, 0.05) is 43.9 Å². The first-order chi connectivity index (χ1) is 25.9. The maximum atomic E-state index is 12.8. The number of anilines is 3. The number of aliphatic hydroxyl groups excluding tert-OH is 2. The van der Waals surface area contributed by atoms with Crippen LogP contribution in [0.15, 0.2) is 102 Å². The van der Waals surface area contributed by atoms with Gasteiger partial charge in [-0.2, -0.15) is 9.97 Å². The minimum atomic E-state index is -1.32. The minimum Gasteiger partial charge on any atom is -0.387 e. The highest BCUT2D eigenvalue weighted by Crippen LogP contribution is 2.41. The molecule has 2 amide bonds. The number of aliphatic hydroxyl groups is 2. The summed E-state index contributed by atoms with van der Waals surface area (Å²) in [6, 6.07) is 25.3. The Bertz CT molecular complexity index is 2110. The monoisotopic (exact) mass is 716 g/mol. The van der Waals surface area contributed by atoms with E-state index < -0.39 is 24.5 Å². The van der Waals surface area contributed by atoms with Crippen molar-refractivity contribution in [1.82, 2.24) is 35.0 Å². The molecule has 2 fully saturated rings. The van der Waals surface area contributed by atoms with Gasteiger partial charge in [-0.25, -0.2) is 9.78 Å². The van der Waals surface area contributed by atoms with Gasteiger partial charge in [-0.1, -0.05) is 72.7 Å². The molecule has 5 atom stereocenters. The molecule has 8 rings (SSSR count). The summed E-state index contributed by atoms with van der Waals surface area (Å²) < 4.78 is 13.3. The Balaban J connectivity index is 1.10. The molecule has 0 saturated carbocycles. The summed E-state index contributed by atoms with van der Waals surface area (Å²) in [6.45, 7) is 3.50. The molecule has 2 saturated heterocycles. The molecule has 2 aromatic carbocycles. The third-order valence-electron chi connectivity index (χ3n) is 9.75. The van der Waals surface area contributed by atoms with Crippen molar-refractivity contribution in [3.05, 3.63) is 120 Å². The highest BCUT2D eigenvalue weighted by molar-refractivity contribution is 5.89. The van der Waals surface area contributed by atoms with Gasteiger partial charge in [0.25, 0.3) is 0 Å². The van der Waals surface area contributed by atoms with Crippen molar-refractivity contribution in [1.29, 1.82) is 0 Å². The molecule has 15 heteroatoms. The van der Waals surface area contributed by atoms with E-state index in [0.717, 1.165) is 11.1 Å². The molecule has 53 heavy (non-hydrogen) atoms. The third-order valence-corrected chi connectivity index (χ3v) is 9.75. The second-order valence-electron chi connectivity index (χ2n) is 13.2. The van der Waals surface area contributed by atoms with E-state index in [0.29, 0.717) is 72.5 Å². The number of aryl methyl sites for hydroxylation is 1. The summed E-state index contributed by atoms with van der Waals surface area (Å²) in [7, 11) is 0. The molecule has 2 aliphatic rings.